The molecule has 24 atom stereocenters. The van der Waals surface area contributed by atoms with Crippen LogP contribution in [0.25, 0.3) is 0 Å². The van der Waals surface area contributed by atoms with Gasteiger partial charge < -0.3 is 102 Å². The number of aromatic nitrogens is 2. The number of β-amino-alcohol motifs (C(OH)–C–C–N with tert-alkyl or cyclic N) is 1. The van der Waals surface area contributed by atoms with Gasteiger partial charge in [0, 0.05) is 80.4 Å². The van der Waals surface area contributed by atoms with Gasteiger partial charge in [-0.1, -0.05) is 96.7 Å². The first kappa shape index (κ1) is 91.1. The Balaban J connectivity index is 0.000000202. The number of hydrogen-bond acceptors (Lipinski definition) is 30. The lowest BCUT2D eigenvalue weighted by atomic mass is 9.45. The summed E-state index contributed by atoms with van der Waals surface area (Å²) in [5.74, 6) is -6.85. The van der Waals surface area contributed by atoms with Gasteiger partial charge in [-0.3, -0.25) is 24.5 Å². The summed E-state index contributed by atoms with van der Waals surface area (Å²) in [6, 6.07) is 23.5. The monoisotopic (exact) mass is 1720 g/mol. The summed E-state index contributed by atoms with van der Waals surface area (Å²) in [4.78, 5) is 120. The fraction of sp³-hybridized carbons (Fsp3) is 0.609. The first-order chi connectivity index (χ1) is 58.2. The van der Waals surface area contributed by atoms with Crippen molar-refractivity contribution >= 4 is 48.0 Å². The molecule has 6 aliphatic carbocycles. The summed E-state index contributed by atoms with van der Waals surface area (Å²) >= 11 is 0. The maximum atomic E-state index is 14.5. The smallest absolute Gasteiger partial charge is 0.408 e. The van der Waals surface area contributed by atoms with Gasteiger partial charge in [-0.15, -0.1) is 0 Å². The third-order valence-electron chi connectivity index (χ3n) is 27.6. The van der Waals surface area contributed by atoms with E-state index in [1.807, 2.05) is 46.4 Å². The van der Waals surface area contributed by atoms with Crippen molar-refractivity contribution in [3.05, 3.63) is 167 Å². The summed E-state index contributed by atoms with van der Waals surface area (Å²) in [5.41, 5.74) is -10.5. The Labute approximate surface area is 720 Å². The molecule has 2 aromatic heterocycles. The number of alkyl carbamates (subject to hydrolysis) is 2. The summed E-state index contributed by atoms with van der Waals surface area (Å²) in [6.45, 7) is 32.5. The van der Waals surface area contributed by atoms with Crippen molar-refractivity contribution in [3.8, 4) is 0 Å². The van der Waals surface area contributed by atoms with E-state index in [9.17, 15) is 63.9 Å². The maximum absolute atomic E-state index is 14.5. The second-order valence-corrected chi connectivity index (χ2v) is 38.5. The molecule has 7 heterocycles. The van der Waals surface area contributed by atoms with Crippen LogP contribution < -0.4 is 10.6 Å². The molecular weight excluding hydrogens is 1610 g/mol. The molecule has 124 heavy (non-hydrogen) atoms. The Morgan fingerprint density at radius 3 is 1.31 bits per heavy atom. The molecule has 0 radical (unpaired) electrons. The van der Waals surface area contributed by atoms with E-state index in [2.05, 4.69) is 27.2 Å². The fourth-order valence-corrected chi connectivity index (χ4v) is 21.7. The van der Waals surface area contributed by atoms with E-state index in [1.165, 1.54) is 44.4 Å². The van der Waals surface area contributed by atoms with E-state index in [0.29, 0.717) is 67.6 Å². The van der Waals surface area contributed by atoms with Crippen LogP contribution in [0.4, 0.5) is 9.59 Å². The number of benzene rings is 2. The van der Waals surface area contributed by atoms with Gasteiger partial charge in [0.15, 0.2) is 36.0 Å². The Bertz CT molecular complexity index is 4770. The number of rotatable bonds is 19. The molecule has 4 aromatic rings. The van der Waals surface area contributed by atoms with Crippen LogP contribution in [0.3, 0.4) is 0 Å². The van der Waals surface area contributed by atoms with Crippen LogP contribution in [-0.2, 0) is 85.5 Å². The molecule has 32 heteroatoms. The Kier molecular flexibility index (Phi) is 24.9. The number of ether oxygens (including phenoxy) is 14. The standard InChI is InChI=1S/C47H61N3O14.C45H56N2O13/c1-25-30(59-41(55)35(53)34(29-16-12-13-19-48-29)49-42(56)64-43(3,4)5)20-47(57)39(62-40(54)27-14-10-9-11-15-27)37-45(8,18-17-31-46(37,24-58-31)63-26(2)51)38-36(33(25)44(47,6)7)60-32(61-38)23-50-21-28(52)22-50;1-10-30-56-34-31-24(2)28(55-39(51)33(49)32(27-18-14-15-21-46-27)47-40(52)60-41(4,5)6)22-45(53,42(31,7)8)37(58-38(50)26-16-12-11-13-17-26)35-43(9,36(34)57-30)20-19-29-44(35,23-54-29)59-25(3)48/h9-16,19,28,30-32,34-39,52-53,57H,17-18,20-24H2,1-8H3,(H,49,56);10-18,21,28-30,32-37,49,53H,1,19-20,22-23H2,2-9H3,(H,47,52)/t30-,31+,32+,34-,35+,36+,37-,38+,39-,45+,46-,47+;28-,29+,30+,32-,33+,34+,35-,36+,37-,43+,44-,45+/m00/s1. The van der Waals surface area contributed by atoms with Gasteiger partial charge in [0.1, 0.15) is 83.3 Å². The topological polar surface area (TPSA) is 420 Å². The van der Waals surface area contributed by atoms with Gasteiger partial charge in [0.25, 0.3) is 0 Å². The van der Waals surface area contributed by atoms with E-state index in [4.69, 9.17) is 66.3 Å². The fourth-order valence-electron chi connectivity index (χ4n) is 21.7. The molecule has 2 amide bonds. The number of aliphatic hydroxyl groups excluding tert-OH is 3. The number of carbonyl (C=O) groups excluding carboxylic acids is 8. The summed E-state index contributed by atoms with van der Waals surface area (Å²) in [7, 11) is 0. The number of nitrogens with one attached hydrogen (secondary N) is 2. The highest BCUT2D eigenvalue weighted by atomic mass is 16.7. The first-order valence-corrected chi connectivity index (χ1v) is 42.5. The van der Waals surface area contributed by atoms with Gasteiger partial charge >= 0.3 is 48.0 Å². The quantitative estimate of drug-likeness (QED) is 0.0262. The number of amides is 2. The SMILES string of the molecule is C=C[C@@H]1O[C@@H]2C3=C(C)[C@@H](OC(=O)[C@H](O)[C@@H](NC(=O)OC(C)(C)C)c4ccccn4)C[C@@](O)([C@@H](OC(=O)c4ccccc4)[C@H]4[C@@](C)(CC[C@H]5OC[C@]54OC(C)=O)[C@@H]2O1)C3(C)C.CC(=O)O[C@@]12CO[C@@H]1CC[C@@]1(C)[C@@H]3O[C@H](CN4CC(O)C4)O[C@@H]3C3=C(C)[C@@H](OC(=O)[C@H](O)[C@@H](NC(=O)OC(C)(C)C)c4ccccn4)C[C@@](O)([C@@H](OC(=O)c4ccccc4)[C@@H]12)C3(C)C. The highest BCUT2D eigenvalue weighted by molar-refractivity contribution is 5.90. The first-order valence-electron chi connectivity index (χ1n) is 42.5. The van der Waals surface area contributed by atoms with Crippen LogP contribution in [-0.4, -0.2) is 247 Å². The highest BCUT2D eigenvalue weighted by Gasteiger charge is 2.80. The minimum Gasteiger partial charge on any atom is -0.456 e. The van der Waals surface area contributed by atoms with Crippen molar-refractivity contribution in [3.63, 3.8) is 0 Å². The van der Waals surface area contributed by atoms with Crippen molar-refractivity contribution < 1.29 is 130 Å². The number of pyridine rings is 2. The van der Waals surface area contributed by atoms with E-state index in [-0.39, 0.29) is 48.6 Å². The normalized spacial score (nSPS) is 35.2. The Hall–Kier alpha value is -9.16. The van der Waals surface area contributed by atoms with Gasteiger partial charge in [-0.05, 0) is 158 Å². The molecule has 672 valence electrons. The molecule has 7 N–H and O–H groups in total. The number of carbonyl (C=O) groups is 8. The molecule has 4 saturated carbocycles. The highest BCUT2D eigenvalue weighted by Crippen LogP contribution is 2.69. The minimum atomic E-state index is -2.10. The predicted octanol–water partition coefficient (Wildman–Crippen LogP) is 8.59. The lowest BCUT2D eigenvalue weighted by Gasteiger charge is -2.68. The second kappa shape index (κ2) is 33.9. The van der Waals surface area contributed by atoms with E-state index < -0.39 is 219 Å². The third kappa shape index (κ3) is 16.5. The van der Waals surface area contributed by atoms with Gasteiger partial charge in [0.2, 0.25) is 0 Å². The van der Waals surface area contributed by atoms with Gasteiger partial charge in [-0.2, -0.15) is 0 Å². The number of fused-ring (bicyclic) bond motifs is 16. The number of hydrogen-bond donors (Lipinski definition) is 7. The van der Waals surface area contributed by atoms with Crippen LogP contribution in [0, 0.1) is 33.5 Å². The van der Waals surface area contributed by atoms with E-state index in [1.54, 1.807) is 140 Å². The molecule has 0 spiro atoms. The van der Waals surface area contributed by atoms with Crippen molar-refractivity contribution in [2.75, 3.05) is 32.8 Å². The zero-order chi connectivity index (χ0) is 89.7. The summed E-state index contributed by atoms with van der Waals surface area (Å²) in [5, 5.41) is 66.5. The van der Waals surface area contributed by atoms with Gasteiger partial charge in [-0.25, -0.2) is 28.8 Å². The molecule has 15 rings (SSSR count). The largest absolute Gasteiger partial charge is 0.456 e. The molecule has 32 nitrogen and oxygen atoms in total. The number of aliphatic hydroxyl groups is 5. The lowest BCUT2D eigenvalue weighted by Crippen LogP contribution is -2.79. The van der Waals surface area contributed by atoms with Crippen molar-refractivity contribution in [1.29, 1.82) is 0 Å². The average molecular weight is 1720 g/mol. The van der Waals surface area contributed by atoms with Crippen LogP contribution in [0.15, 0.2) is 144 Å². The summed E-state index contributed by atoms with van der Waals surface area (Å²) < 4.78 is 88.8. The minimum absolute atomic E-state index is 0.0393. The molecule has 2 aromatic carbocycles. The van der Waals surface area contributed by atoms with Crippen molar-refractivity contribution in [2.45, 2.75) is 287 Å². The van der Waals surface area contributed by atoms with E-state index in [0.717, 1.165) is 0 Å². The molecule has 5 aliphatic heterocycles. The molecule has 9 fully saturated rings. The Morgan fingerprint density at radius 1 is 0.565 bits per heavy atom. The van der Waals surface area contributed by atoms with Gasteiger partial charge in [0.05, 0.1) is 65.9 Å². The van der Waals surface area contributed by atoms with Crippen LogP contribution >= 0.6 is 0 Å². The van der Waals surface area contributed by atoms with E-state index >= 15 is 0 Å². The number of nitrogens with zero attached hydrogens (tertiary/aromatic N) is 3. The maximum Gasteiger partial charge on any atom is 0.408 e. The second-order valence-electron chi connectivity index (χ2n) is 38.5. The molecule has 5 saturated heterocycles. The van der Waals surface area contributed by atoms with Crippen molar-refractivity contribution in [1.82, 2.24) is 25.5 Å². The zero-order valence-electron chi connectivity index (χ0n) is 73.0. The van der Waals surface area contributed by atoms with Crippen LogP contribution in [0.5, 0.6) is 0 Å². The number of likely N-dealkylation sites (tertiary alicyclic amines) is 1. The molecule has 0 unspecified atom stereocenters. The number of esters is 6. The Morgan fingerprint density at radius 2 is 0.960 bits per heavy atom. The molecular formula is C92H117N5O27. The predicted molar refractivity (Wildman–Crippen MR) is 438 cm³/mol. The van der Waals surface area contributed by atoms with Crippen LogP contribution in [0.2, 0.25) is 0 Å². The molecule has 11 aliphatic rings. The lowest BCUT2D eigenvalue weighted by molar-refractivity contribution is -0.345. The van der Waals surface area contributed by atoms with Crippen molar-refractivity contribution in [2.24, 2.45) is 33.5 Å². The third-order valence-corrected chi connectivity index (χ3v) is 27.6. The molecule has 4 bridgehead atoms. The average Bonchev–Trinajstić information content (AvgIpc) is 1.09. The summed E-state index contributed by atoms with van der Waals surface area (Å²) in [6.07, 6.45) is -12.3. The van der Waals surface area contributed by atoms with Crippen LogP contribution in [0.1, 0.15) is 193 Å². The zero-order valence-corrected chi connectivity index (χ0v) is 73.0.